The van der Waals surface area contributed by atoms with Crippen molar-refractivity contribution >= 4 is 23.2 Å². The smallest absolute Gasteiger partial charge is 0.419 e. The highest BCUT2D eigenvalue weighted by molar-refractivity contribution is 6.00. The van der Waals surface area contributed by atoms with E-state index in [0.29, 0.717) is 16.9 Å². The number of para-hydroxylation sites is 1. The number of nitrogens with one attached hydrogen (secondary N) is 1. The van der Waals surface area contributed by atoms with Gasteiger partial charge in [-0.3, -0.25) is 9.59 Å². The maximum absolute atomic E-state index is 13.0. The van der Waals surface area contributed by atoms with Crippen molar-refractivity contribution in [2.24, 2.45) is 5.73 Å². The Labute approximate surface area is 171 Å². The molecule has 1 heterocycles. The highest BCUT2D eigenvalue weighted by atomic mass is 19.4. The number of piperidine rings is 1. The second-order valence-electron chi connectivity index (χ2n) is 6.97. The Morgan fingerprint density at radius 3 is 2.43 bits per heavy atom. The van der Waals surface area contributed by atoms with Gasteiger partial charge < -0.3 is 20.7 Å². The van der Waals surface area contributed by atoms with Gasteiger partial charge in [-0.15, -0.1) is 0 Å². The quantitative estimate of drug-likeness (QED) is 0.743. The number of benzene rings is 2. The van der Waals surface area contributed by atoms with Crippen LogP contribution in [0, 0.1) is 0 Å². The first-order valence-corrected chi connectivity index (χ1v) is 9.53. The van der Waals surface area contributed by atoms with Gasteiger partial charge in [-0.05, 0) is 49.6 Å². The van der Waals surface area contributed by atoms with E-state index in [2.05, 4.69) is 5.32 Å². The van der Waals surface area contributed by atoms with Crippen LogP contribution in [-0.4, -0.2) is 31.5 Å². The van der Waals surface area contributed by atoms with Gasteiger partial charge in [-0.1, -0.05) is 12.1 Å². The average molecular weight is 421 g/mol. The second-order valence-corrected chi connectivity index (χ2v) is 6.97. The zero-order chi connectivity index (χ0) is 21.7. The number of primary amides is 1. The molecule has 0 saturated carbocycles. The third-order valence-electron chi connectivity index (χ3n) is 4.79. The van der Waals surface area contributed by atoms with E-state index in [9.17, 15) is 22.8 Å². The van der Waals surface area contributed by atoms with Crippen LogP contribution in [-0.2, 0) is 11.0 Å². The summed E-state index contributed by atoms with van der Waals surface area (Å²) in [5.74, 6) is -1.61. The molecule has 1 aliphatic heterocycles. The van der Waals surface area contributed by atoms with Gasteiger partial charge >= 0.3 is 6.18 Å². The van der Waals surface area contributed by atoms with Crippen molar-refractivity contribution in [2.75, 3.05) is 29.9 Å². The summed E-state index contributed by atoms with van der Waals surface area (Å²) in [5.41, 5.74) is 5.90. The van der Waals surface area contributed by atoms with Crippen molar-refractivity contribution in [3.8, 4) is 5.75 Å². The Hall–Kier alpha value is -3.23. The van der Waals surface area contributed by atoms with Crippen LogP contribution in [0.5, 0.6) is 5.75 Å². The Bertz CT molecular complexity index is 925. The molecular formula is C21H22F3N3O3. The minimum Gasteiger partial charge on any atom is -0.483 e. The third kappa shape index (κ3) is 5.22. The molecule has 2 aromatic rings. The van der Waals surface area contributed by atoms with Gasteiger partial charge in [0.1, 0.15) is 5.75 Å². The van der Waals surface area contributed by atoms with Gasteiger partial charge in [0.2, 0.25) is 0 Å². The van der Waals surface area contributed by atoms with Crippen LogP contribution < -0.4 is 20.7 Å². The Kier molecular flexibility index (Phi) is 6.49. The van der Waals surface area contributed by atoms with E-state index in [-0.39, 0.29) is 0 Å². The van der Waals surface area contributed by atoms with Crippen LogP contribution in [0.15, 0.2) is 42.5 Å². The number of nitrogens with zero attached hydrogens (tertiary/aromatic N) is 1. The fraction of sp³-hybridized carbons (Fsp3) is 0.333. The van der Waals surface area contributed by atoms with Crippen molar-refractivity contribution in [3.63, 3.8) is 0 Å². The monoisotopic (exact) mass is 421 g/mol. The molecule has 0 bridgehead atoms. The van der Waals surface area contributed by atoms with Gasteiger partial charge in [-0.25, -0.2) is 0 Å². The molecule has 0 radical (unpaired) electrons. The Morgan fingerprint density at radius 2 is 1.77 bits per heavy atom. The number of ether oxygens (including phenoxy) is 1. The summed E-state index contributed by atoms with van der Waals surface area (Å²) in [6.07, 6.45) is -1.50. The van der Waals surface area contributed by atoms with Crippen LogP contribution in [0.1, 0.15) is 35.2 Å². The molecule has 0 aliphatic carbocycles. The summed E-state index contributed by atoms with van der Waals surface area (Å²) in [6, 6.07) is 9.39. The maximum atomic E-state index is 13.0. The first-order valence-electron chi connectivity index (χ1n) is 9.53. The van der Waals surface area contributed by atoms with Gasteiger partial charge in [0.25, 0.3) is 11.8 Å². The number of hydrogen-bond donors (Lipinski definition) is 2. The van der Waals surface area contributed by atoms with Gasteiger partial charge in [0.05, 0.1) is 16.8 Å². The SMILES string of the molecule is NC(=O)c1ccc(NC(=O)COc2ccccc2C(F)(F)F)cc1N1CCCCC1. The summed E-state index contributed by atoms with van der Waals surface area (Å²) in [5, 5.41) is 2.59. The highest BCUT2D eigenvalue weighted by Gasteiger charge is 2.34. The number of alkyl halides is 3. The van der Waals surface area contributed by atoms with Crippen LogP contribution in [0.4, 0.5) is 24.5 Å². The summed E-state index contributed by atoms with van der Waals surface area (Å²) in [7, 11) is 0. The number of nitrogens with two attached hydrogens (primary N) is 1. The molecule has 1 saturated heterocycles. The lowest BCUT2D eigenvalue weighted by molar-refractivity contribution is -0.139. The fourth-order valence-electron chi connectivity index (χ4n) is 3.38. The lowest BCUT2D eigenvalue weighted by atomic mass is 10.1. The third-order valence-corrected chi connectivity index (χ3v) is 4.79. The number of hydrogen-bond acceptors (Lipinski definition) is 4. The zero-order valence-electron chi connectivity index (χ0n) is 16.2. The van der Waals surface area contributed by atoms with E-state index in [1.807, 2.05) is 4.90 Å². The molecular weight excluding hydrogens is 399 g/mol. The summed E-state index contributed by atoms with van der Waals surface area (Å²) in [6.45, 7) is 0.952. The number of rotatable bonds is 6. The Balaban J connectivity index is 1.71. The van der Waals surface area contributed by atoms with Crippen molar-refractivity contribution in [3.05, 3.63) is 53.6 Å². The highest BCUT2D eigenvalue weighted by Crippen LogP contribution is 2.36. The van der Waals surface area contributed by atoms with Crippen molar-refractivity contribution < 1.29 is 27.5 Å². The zero-order valence-corrected chi connectivity index (χ0v) is 16.2. The molecule has 0 atom stereocenters. The first-order chi connectivity index (χ1) is 14.3. The topological polar surface area (TPSA) is 84.7 Å². The summed E-state index contributed by atoms with van der Waals surface area (Å²) in [4.78, 5) is 26.0. The van der Waals surface area contributed by atoms with E-state index in [0.717, 1.165) is 44.5 Å². The summed E-state index contributed by atoms with van der Waals surface area (Å²) < 4.78 is 44.2. The minimum absolute atomic E-state index is 0.352. The van der Waals surface area contributed by atoms with E-state index in [4.69, 9.17) is 10.5 Å². The lowest BCUT2D eigenvalue weighted by Crippen LogP contribution is -2.31. The van der Waals surface area contributed by atoms with E-state index in [1.165, 1.54) is 24.3 Å². The predicted octanol–water partition coefficient (Wildman–Crippen LogP) is 3.81. The normalized spacial score (nSPS) is 14.3. The average Bonchev–Trinajstić information content (AvgIpc) is 2.72. The van der Waals surface area contributed by atoms with Crippen molar-refractivity contribution in [1.29, 1.82) is 0 Å². The van der Waals surface area contributed by atoms with E-state index < -0.39 is 35.9 Å². The molecule has 30 heavy (non-hydrogen) atoms. The second kappa shape index (κ2) is 9.06. The molecule has 9 heteroatoms. The molecule has 3 rings (SSSR count). The molecule has 1 aliphatic rings. The maximum Gasteiger partial charge on any atom is 0.419 e. The van der Waals surface area contributed by atoms with Gasteiger partial charge in [0.15, 0.2) is 6.61 Å². The minimum atomic E-state index is -4.58. The van der Waals surface area contributed by atoms with Crippen LogP contribution in [0.3, 0.4) is 0 Å². The number of anilines is 2. The van der Waals surface area contributed by atoms with Crippen LogP contribution >= 0.6 is 0 Å². The summed E-state index contributed by atoms with van der Waals surface area (Å²) >= 11 is 0. The molecule has 0 spiro atoms. The molecule has 3 N–H and O–H groups in total. The molecule has 160 valence electrons. The molecule has 0 aromatic heterocycles. The first kappa shape index (κ1) is 21.5. The largest absolute Gasteiger partial charge is 0.483 e. The van der Waals surface area contributed by atoms with E-state index in [1.54, 1.807) is 6.07 Å². The molecule has 2 amide bonds. The van der Waals surface area contributed by atoms with Crippen LogP contribution in [0.25, 0.3) is 0 Å². The number of amides is 2. The standard InChI is InChI=1S/C21H22F3N3O3/c22-21(23,24)16-6-2-3-7-18(16)30-13-19(28)26-14-8-9-15(20(25)29)17(12-14)27-10-4-1-5-11-27/h2-3,6-9,12H,1,4-5,10-11,13H2,(H2,25,29)(H,26,28). The molecule has 2 aromatic carbocycles. The van der Waals surface area contributed by atoms with Gasteiger partial charge in [-0.2, -0.15) is 13.2 Å². The number of carbonyl (C=O) groups excluding carboxylic acids is 2. The van der Waals surface area contributed by atoms with Crippen LogP contribution in [0.2, 0.25) is 0 Å². The Morgan fingerprint density at radius 1 is 1.07 bits per heavy atom. The van der Waals surface area contributed by atoms with E-state index >= 15 is 0 Å². The predicted molar refractivity (Wildman–Crippen MR) is 107 cm³/mol. The van der Waals surface area contributed by atoms with Crippen molar-refractivity contribution in [2.45, 2.75) is 25.4 Å². The molecule has 1 fully saturated rings. The number of halogens is 3. The molecule has 0 unspecified atom stereocenters. The fourth-order valence-corrected chi connectivity index (χ4v) is 3.38. The lowest BCUT2D eigenvalue weighted by Gasteiger charge is -2.30. The van der Waals surface area contributed by atoms with Gasteiger partial charge in [0, 0.05) is 18.8 Å². The molecule has 6 nitrogen and oxygen atoms in total. The number of carbonyl (C=O) groups is 2. The van der Waals surface area contributed by atoms with Crippen molar-refractivity contribution in [1.82, 2.24) is 0 Å².